The predicted octanol–water partition coefficient (Wildman–Crippen LogP) is 1.81. The minimum atomic E-state index is -3.63. The first-order chi connectivity index (χ1) is 10.4. The first kappa shape index (κ1) is 16.5. The van der Waals surface area contributed by atoms with E-state index in [1.807, 2.05) is 0 Å². The largest absolute Gasteiger partial charge is 0.341 e. The maximum Gasteiger partial charge on any atom is 0.237 e. The molecule has 126 valence electrons. The second kappa shape index (κ2) is 6.65. The van der Waals surface area contributed by atoms with Gasteiger partial charge in [-0.05, 0) is 38.1 Å². The second-order valence-electron chi connectivity index (χ2n) is 7.04. The molecule has 1 saturated carbocycles. The van der Waals surface area contributed by atoms with Crippen LogP contribution in [0.1, 0.15) is 44.9 Å². The minimum absolute atomic E-state index is 0.0465. The van der Waals surface area contributed by atoms with E-state index in [0.29, 0.717) is 12.5 Å². The van der Waals surface area contributed by atoms with Gasteiger partial charge >= 0.3 is 0 Å². The summed E-state index contributed by atoms with van der Waals surface area (Å²) in [4.78, 5) is 16.3. The average Bonchev–Trinajstić information content (AvgIpc) is 3.09. The van der Waals surface area contributed by atoms with Gasteiger partial charge in [-0.3, -0.25) is 4.79 Å². The molecule has 0 N–H and O–H groups in total. The van der Waals surface area contributed by atoms with Gasteiger partial charge in [0.2, 0.25) is 15.0 Å². The monoisotopic (exact) mass is 348 g/mol. The molecule has 22 heavy (non-hydrogen) atoms. The number of nitrogens with zero attached hydrogens (tertiary/aromatic N) is 2. The summed E-state index contributed by atoms with van der Waals surface area (Å²) in [6.45, 7) is 3.18. The van der Waals surface area contributed by atoms with Gasteiger partial charge in [0.15, 0.2) is 0 Å². The summed E-state index contributed by atoms with van der Waals surface area (Å²) in [6.07, 6.45) is 7.65. The summed E-state index contributed by atoms with van der Waals surface area (Å²) in [7, 11) is 1.77. The van der Waals surface area contributed by atoms with Gasteiger partial charge in [0.05, 0.1) is 0 Å². The second-order valence-corrected chi connectivity index (χ2v) is 9.95. The molecule has 0 bridgehead atoms. The molecule has 7 heteroatoms. The fraction of sp³-hybridized carbons (Fsp3) is 0.933. The first-order valence-electron chi connectivity index (χ1n) is 8.39. The maximum atomic E-state index is 12.0. The molecule has 2 atom stereocenters. The van der Waals surface area contributed by atoms with E-state index in [1.165, 1.54) is 38.6 Å². The fourth-order valence-corrected chi connectivity index (χ4v) is 5.32. The Morgan fingerprint density at radius 1 is 1.09 bits per heavy atom. The molecule has 3 aliphatic rings. The van der Waals surface area contributed by atoms with Crippen molar-refractivity contribution in [1.82, 2.24) is 9.80 Å². The van der Waals surface area contributed by atoms with E-state index >= 15 is 0 Å². The zero-order valence-electron chi connectivity index (χ0n) is 12.9. The molecule has 2 aliphatic heterocycles. The predicted molar refractivity (Wildman–Crippen MR) is 86.3 cm³/mol. The van der Waals surface area contributed by atoms with Gasteiger partial charge in [0.25, 0.3) is 0 Å². The zero-order valence-corrected chi connectivity index (χ0v) is 14.5. The number of hydrogen-bond donors (Lipinski definition) is 0. The number of carbonyl (C=O) groups is 1. The quantitative estimate of drug-likeness (QED) is 0.727. The van der Waals surface area contributed by atoms with E-state index in [1.54, 1.807) is 4.90 Å². The van der Waals surface area contributed by atoms with Gasteiger partial charge in [0.1, 0.15) is 5.25 Å². The molecule has 3 fully saturated rings. The summed E-state index contributed by atoms with van der Waals surface area (Å²) < 4.78 is 22.8. The summed E-state index contributed by atoms with van der Waals surface area (Å²) in [6, 6.07) is 0.730. The Kier molecular flexibility index (Phi) is 5.00. The van der Waals surface area contributed by atoms with E-state index in [2.05, 4.69) is 4.90 Å². The molecule has 2 heterocycles. The molecule has 5 nitrogen and oxygen atoms in total. The zero-order chi connectivity index (χ0) is 15.7. The SMILES string of the molecule is O=C1CC(S(=O)(=O)Cl)CN1CC1CCCN(C2CCCC2)C1. The van der Waals surface area contributed by atoms with Gasteiger partial charge in [-0.1, -0.05) is 12.8 Å². The Labute approximate surface area is 137 Å². The Bertz CT molecular complexity index is 519. The molecule has 3 rings (SSSR count). The molecule has 2 saturated heterocycles. The lowest BCUT2D eigenvalue weighted by Gasteiger charge is -2.38. The molecular formula is C15H25ClN2O3S. The standard InChI is InChI=1S/C15H25ClN2O3S/c16-22(20,21)14-8-15(19)18(11-14)10-12-4-3-7-17(9-12)13-5-1-2-6-13/h12-14H,1-11H2. The van der Waals surface area contributed by atoms with Crippen LogP contribution >= 0.6 is 10.7 Å². The number of likely N-dealkylation sites (tertiary alicyclic amines) is 2. The van der Waals surface area contributed by atoms with Crippen molar-refractivity contribution >= 4 is 25.6 Å². The maximum absolute atomic E-state index is 12.0. The van der Waals surface area contributed by atoms with Gasteiger partial charge in [0, 0.05) is 42.8 Å². The molecule has 0 aromatic rings. The van der Waals surface area contributed by atoms with Crippen molar-refractivity contribution in [1.29, 1.82) is 0 Å². The Morgan fingerprint density at radius 3 is 2.45 bits per heavy atom. The number of piperidine rings is 1. The summed E-state index contributed by atoms with van der Waals surface area (Å²) in [5, 5.41) is -0.726. The van der Waals surface area contributed by atoms with E-state index in [0.717, 1.165) is 19.0 Å². The Balaban J connectivity index is 1.55. The van der Waals surface area contributed by atoms with Crippen LogP contribution in [-0.4, -0.2) is 61.6 Å². The highest BCUT2D eigenvalue weighted by molar-refractivity contribution is 8.14. The van der Waals surface area contributed by atoms with Crippen molar-refractivity contribution < 1.29 is 13.2 Å². The number of amides is 1. The molecule has 0 aromatic heterocycles. The lowest BCUT2D eigenvalue weighted by atomic mass is 9.95. The normalized spacial score (nSPS) is 32.0. The van der Waals surface area contributed by atoms with Gasteiger partial charge in [-0.15, -0.1) is 0 Å². The Morgan fingerprint density at radius 2 is 1.82 bits per heavy atom. The van der Waals surface area contributed by atoms with Crippen LogP contribution in [0.2, 0.25) is 0 Å². The fourth-order valence-electron chi connectivity index (χ4n) is 4.26. The topological polar surface area (TPSA) is 57.7 Å². The minimum Gasteiger partial charge on any atom is -0.341 e. The van der Waals surface area contributed by atoms with Crippen LogP contribution < -0.4 is 0 Å². The van der Waals surface area contributed by atoms with Gasteiger partial charge in [-0.25, -0.2) is 8.42 Å². The lowest BCUT2D eigenvalue weighted by Crippen LogP contribution is -2.45. The summed E-state index contributed by atoms with van der Waals surface area (Å²) in [5.74, 6) is 0.405. The number of hydrogen-bond acceptors (Lipinski definition) is 4. The molecule has 0 spiro atoms. The highest BCUT2D eigenvalue weighted by atomic mass is 35.7. The molecule has 1 amide bonds. The number of halogens is 1. The number of rotatable bonds is 4. The third kappa shape index (κ3) is 3.77. The molecule has 0 radical (unpaired) electrons. The highest BCUT2D eigenvalue weighted by Gasteiger charge is 2.38. The van der Waals surface area contributed by atoms with E-state index in [9.17, 15) is 13.2 Å². The summed E-state index contributed by atoms with van der Waals surface area (Å²) in [5.41, 5.74) is 0. The van der Waals surface area contributed by atoms with E-state index in [4.69, 9.17) is 10.7 Å². The van der Waals surface area contributed by atoms with E-state index in [-0.39, 0.29) is 18.9 Å². The van der Waals surface area contributed by atoms with Crippen LogP contribution in [0.3, 0.4) is 0 Å². The lowest BCUT2D eigenvalue weighted by molar-refractivity contribution is -0.128. The Hall–Kier alpha value is -0.330. The van der Waals surface area contributed by atoms with Crippen molar-refractivity contribution in [3.05, 3.63) is 0 Å². The van der Waals surface area contributed by atoms with Crippen LogP contribution in [0.4, 0.5) is 0 Å². The van der Waals surface area contributed by atoms with Crippen LogP contribution in [0, 0.1) is 5.92 Å². The average molecular weight is 349 g/mol. The highest BCUT2D eigenvalue weighted by Crippen LogP contribution is 2.29. The van der Waals surface area contributed by atoms with Crippen molar-refractivity contribution in [3.8, 4) is 0 Å². The first-order valence-corrected chi connectivity index (χ1v) is 10.8. The molecule has 0 aromatic carbocycles. The third-order valence-corrected chi connectivity index (χ3v) is 7.32. The van der Waals surface area contributed by atoms with E-state index < -0.39 is 14.3 Å². The third-order valence-electron chi connectivity index (χ3n) is 5.45. The van der Waals surface area contributed by atoms with Crippen LogP contribution in [-0.2, 0) is 13.8 Å². The van der Waals surface area contributed by atoms with Crippen molar-refractivity contribution in [2.45, 2.75) is 56.2 Å². The van der Waals surface area contributed by atoms with Gasteiger partial charge < -0.3 is 9.80 Å². The smallest absolute Gasteiger partial charge is 0.237 e. The molecular weight excluding hydrogens is 324 g/mol. The van der Waals surface area contributed by atoms with Gasteiger partial charge in [-0.2, -0.15) is 0 Å². The van der Waals surface area contributed by atoms with Crippen molar-refractivity contribution in [2.75, 3.05) is 26.2 Å². The van der Waals surface area contributed by atoms with Crippen molar-refractivity contribution in [2.24, 2.45) is 5.92 Å². The van der Waals surface area contributed by atoms with Crippen LogP contribution in [0.15, 0.2) is 0 Å². The van der Waals surface area contributed by atoms with Crippen LogP contribution in [0.5, 0.6) is 0 Å². The summed E-state index contributed by atoms with van der Waals surface area (Å²) >= 11 is 0. The van der Waals surface area contributed by atoms with Crippen LogP contribution in [0.25, 0.3) is 0 Å². The van der Waals surface area contributed by atoms with Crippen molar-refractivity contribution in [3.63, 3.8) is 0 Å². The molecule has 2 unspecified atom stereocenters. The molecule has 1 aliphatic carbocycles. The number of carbonyl (C=O) groups excluding carboxylic acids is 1.